The number of ether oxygens (including phenoxy) is 1. The molecule has 1 aromatic heterocycles. The summed E-state index contributed by atoms with van der Waals surface area (Å²) in [6.07, 6.45) is 4.43. The molecule has 1 amide bonds. The number of carbonyl (C=O) groups is 2. The molecule has 2 saturated heterocycles. The Labute approximate surface area is 135 Å². The molecule has 3 rings (SSSR count). The molecule has 0 unspecified atom stereocenters. The molecule has 2 bridgehead atoms. The van der Waals surface area contributed by atoms with Gasteiger partial charge in [0.15, 0.2) is 5.69 Å². The van der Waals surface area contributed by atoms with Crippen LogP contribution >= 0.6 is 0 Å². The molecule has 1 N–H and O–H groups in total. The van der Waals surface area contributed by atoms with Gasteiger partial charge in [-0.2, -0.15) is 0 Å². The Hall–Kier alpha value is -2.11. The van der Waals surface area contributed by atoms with Crippen LogP contribution in [0.3, 0.4) is 0 Å². The van der Waals surface area contributed by atoms with Gasteiger partial charge in [-0.05, 0) is 44.7 Å². The van der Waals surface area contributed by atoms with E-state index in [2.05, 4.69) is 4.98 Å². The van der Waals surface area contributed by atoms with Crippen LogP contribution in [-0.4, -0.2) is 45.6 Å². The van der Waals surface area contributed by atoms with E-state index in [0.29, 0.717) is 19.4 Å². The monoisotopic (exact) mass is 318 g/mol. The van der Waals surface area contributed by atoms with Crippen LogP contribution in [0.2, 0.25) is 0 Å². The summed E-state index contributed by atoms with van der Waals surface area (Å²) >= 11 is 0. The first-order chi connectivity index (χ1) is 11.0. The average molecular weight is 318 g/mol. The van der Waals surface area contributed by atoms with Crippen molar-refractivity contribution in [2.75, 3.05) is 6.61 Å². The first-order valence-electron chi connectivity index (χ1n) is 8.19. The van der Waals surface area contributed by atoms with E-state index in [1.165, 1.54) is 12.3 Å². The van der Waals surface area contributed by atoms with Crippen LogP contribution in [-0.2, 0) is 9.53 Å². The Kier molecular flexibility index (Phi) is 4.00. The predicted octanol–water partition coefficient (Wildman–Crippen LogP) is 2.12. The molecule has 23 heavy (non-hydrogen) atoms. The fourth-order valence-electron chi connectivity index (χ4n) is 4.19. The van der Waals surface area contributed by atoms with Crippen LogP contribution < -0.4 is 0 Å². The molecule has 0 radical (unpaired) electrons. The molecule has 6 heteroatoms. The van der Waals surface area contributed by atoms with Gasteiger partial charge >= 0.3 is 5.97 Å². The molecular formula is C17H22N2O4. The lowest BCUT2D eigenvalue weighted by Gasteiger charge is -2.34. The molecule has 0 aliphatic carbocycles. The van der Waals surface area contributed by atoms with Crippen LogP contribution in [0.25, 0.3) is 0 Å². The highest BCUT2D eigenvalue weighted by molar-refractivity contribution is 5.96. The minimum atomic E-state index is -0.626. The Balaban J connectivity index is 1.92. The van der Waals surface area contributed by atoms with E-state index < -0.39 is 5.41 Å². The standard InChI is InChI=1S/C17H22N2O4/c1-3-17(16(22)23-4-2)10-11-7-8-13(17)19(11)15(21)14-12(20)6-5-9-18-14/h5-6,9,11,13,20H,3-4,7-8,10H2,1-2H3/t11-,13+,17+/m1/s1. The van der Waals surface area contributed by atoms with Crippen molar-refractivity contribution >= 4 is 11.9 Å². The predicted molar refractivity (Wildman–Crippen MR) is 82.9 cm³/mol. The van der Waals surface area contributed by atoms with E-state index in [9.17, 15) is 14.7 Å². The van der Waals surface area contributed by atoms with Gasteiger partial charge in [-0.15, -0.1) is 0 Å². The number of aromatic nitrogens is 1. The SMILES string of the molecule is CCOC(=O)[C@@]1(CC)C[C@H]2CC[C@@H]1N2C(=O)c1ncccc1O. The number of hydrogen-bond donors (Lipinski definition) is 1. The molecule has 6 nitrogen and oxygen atoms in total. The molecule has 0 aromatic carbocycles. The molecule has 1 aromatic rings. The summed E-state index contributed by atoms with van der Waals surface area (Å²) < 4.78 is 5.29. The number of hydrogen-bond acceptors (Lipinski definition) is 5. The molecule has 2 aliphatic heterocycles. The summed E-state index contributed by atoms with van der Waals surface area (Å²) in [5.74, 6) is -0.630. The van der Waals surface area contributed by atoms with Gasteiger partial charge < -0.3 is 14.7 Å². The maximum atomic E-state index is 12.9. The number of nitrogens with zero attached hydrogens (tertiary/aromatic N) is 2. The number of rotatable bonds is 4. The van der Waals surface area contributed by atoms with E-state index >= 15 is 0 Å². The quantitative estimate of drug-likeness (QED) is 0.860. The first-order valence-corrected chi connectivity index (χ1v) is 8.19. The number of fused-ring (bicyclic) bond motifs is 2. The van der Waals surface area contributed by atoms with Crippen LogP contribution in [0.5, 0.6) is 5.75 Å². The van der Waals surface area contributed by atoms with Crippen molar-refractivity contribution in [2.24, 2.45) is 5.41 Å². The van der Waals surface area contributed by atoms with E-state index in [0.717, 1.165) is 12.8 Å². The second-order valence-corrected chi connectivity index (χ2v) is 6.26. The summed E-state index contributed by atoms with van der Waals surface area (Å²) in [4.78, 5) is 31.2. The van der Waals surface area contributed by atoms with E-state index in [-0.39, 0.29) is 35.4 Å². The Morgan fingerprint density at radius 1 is 1.43 bits per heavy atom. The lowest BCUT2D eigenvalue weighted by molar-refractivity contribution is -0.157. The normalized spacial score (nSPS) is 28.9. The highest BCUT2D eigenvalue weighted by Crippen LogP contribution is 2.53. The van der Waals surface area contributed by atoms with Crippen molar-refractivity contribution in [3.8, 4) is 5.75 Å². The fourth-order valence-corrected chi connectivity index (χ4v) is 4.19. The topological polar surface area (TPSA) is 79.7 Å². The minimum absolute atomic E-state index is 0.0123. The maximum absolute atomic E-state index is 12.9. The van der Waals surface area contributed by atoms with Crippen molar-refractivity contribution < 1.29 is 19.4 Å². The van der Waals surface area contributed by atoms with Crippen molar-refractivity contribution in [2.45, 2.75) is 51.6 Å². The van der Waals surface area contributed by atoms with Gasteiger partial charge in [0, 0.05) is 18.3 Å². The summed E-state index contributed by atoms with van der Waals surface area (Å²) in [5.41, 5.74) is -0.570. The van der Waals surface area contributed by atoms with Gasteiger partial charge in [0.2, 0.25) is 0 Å². The number of aromatic hydroxyl groups is 1. The smallest absolute Gasteiger partial charge is 0.314 e. The zero-order valence-electron chi connectivity index (χ0n) is 13.5. The molecule has 0 spiro atoms. The van der Waals surface area contributed by atoms with Crippen molar-refractivity contribution in [1.82, 2.24) is 9.88 Å². The fraction of sp³-hybridized carbons (Fsp3) is 0.588. The molecule has 3 heterocycles. The van der Waals surface area contributed by atoms with Gasteiger partial charge in [0.05, 0.1) is 12.0 Å². The molecule has 0 saturated carbocycles. The first kappa shape index (κ1) is 15.8. The van der Waals surface area contributed by atoms with Gasteiger partial charge in [0.25, 0.3) is 5.91 Å². The third kappa shape index (κ3) is 2.28. The Bertz CT molecular complexity index is 633. The maximum Gasteiger partial charge on any atom is 0.314 e. The zero-order valence-corrected chi connectivity index (χ0v) is 13.5. The molecule has 2 aliphatic rings. The van der Waals surface area contributed by atoms with Crippen molar-refractivity contribution in [3.05, 3.63) is 24.0 Å². The number of amides is 1. The van der Waals surface area contributed by atoms with Crippen LogP contribution in [0.4, 0.5) is 0 Å². The van der Waals surface area contributed by atoms with E-state index in [1.807, 2.05) is 6.92 Å². The number of carbonyl (C=O) groups excluding carboxylic acids is 2. The molecule has 2 fully saturated rings. The average Bonchev–Trinajstić information content (AvgIpc) is 3.11. The Morgan fingerprint density at radius 2 is 2.22 bits per heavy atom. The third-order valence-corrected chi connectivity index (χ3v) is 5.28. The van der Waals surface area contributed by atoms with Crippen molar-refractivity contribution in [3.63, 3.8) is 0 Å². The number of pyridine rings is 1. The van der Waals surface area contributed by atoms with Gasteiger partial charge in [-0.1, -0.05) is 6.92 Å². The van der Waals surface area contributed by atoms with Gasteiger partial charge in [-0.3, -0.25) is 9.59 Å². The third-order valence-electron chi connectivity index (χ3n) is 5.28. The highest BCUT2D eigenvalue weighted by Gasteiger charge is 2.61. The lowest BCUT2D eigenvalue weighted by atomic mass is 9.72. The van der Waals surface area contributed by atoms with Crippen LogP contribution in [0.15, 0.2) is 18.3 Å². The van der Waals surface area contributed by atoms with Crippen molar-refractivity contribution in [1.29, 1.82) is 0 Å². The van der Waals surface area contributed by atoms with Crippen LogP contribution in [0.1, 0.15) is 50.0 Å². The highest BCUT2D eigenvalue weighted by atomic mass is 16.5. The van der Waals surface area contributed by atoms with E-state index in [4.69, 9.17) is 4.74 Å². The molecule has 3 atom stereocenters. The summed E-state index contributed by atoms with van der Waals surface area (Å²) in [6, 6.07) is 2.87. The molecular weight excluding hydrogens is 296 g/mol. The zero-order chi connectivity index (χ0) is 16.6. The summed E-state index contributed by atoms with van der Waals surface area (Å²) in [5, 5.41) is 9.91. The minimum Gasteiger partial charge on any atom is -0.505 e. The van der Waals surface area contributed by atoms with E-state index in [1.54, 1.807) is 17.9 Å². The lowest BCUT2D eigenvalue weighted by Crippen LogP contribution is -2.45. The molecule has 124 valence electrons. The number of esters is 1. The second kappa shape index (κ2) is 5.83. The summed E-state index contributed by atoms with van der Waals surface area (Å²) in [7, 11) is 0. The largest absolute Gasteiger partial charge is 0.505 e. The summed E-state index contributed by atoms with van der Waals surface area (Å²) in [6.45, 7) is 4.11. The Morgan fingerprint density at radius 3 is 2.87 bits per heavy atom. The van der Waals surface area contributed by atoms with Gasteiger partial charge in [-0.25, -0.2) is 4.98 Å². The van der Waals surface area contributed by atoms with Gasteiger partial charge in [0.1, 0.15) is 5.75 Å². The second-order valence-electron chi connectivity index (χ2n) is 6.26. The van der Waals surface area contributed by atoms with Crippen LogP contribution in [0, 0.1) is 5.41 Å².